The highest BCUT2D eigenvalue weighted by Gasteiger charge is 2.45. The average Bonchev–Trinajstić information content (AvgIpc) is 2.65. The first-order valence-electron chi connectivity index (χ1n) is 7.70. The molecule has 0 aromatic heterocycles. The van der Waals surface area contributed by atoms with E-state index in [1.165, 1.54) is 4.90 Å². The maximum atomic E-state index is 12.3. The Morgan fingerprint density at radius 2 is 1.90 bits per heavy atom. The van der Waals surface area contributed by atoms with Gasteiger partial charge in [0, 0.05) is 28.7 Å². The van der Waals surface area contributed by atoms with Gasteiger partial charge in [0.15, 0.2) is 0 Å². The van der Waals surface area contributed by atoms with Crippen LogP contribution >= 0.6 is 22.6 Å². The molecule has 0 aliphatic carbocycles. The van der Waals surface area contributed by atoms with Crippen LogP contribution in [0.2, 0.25) is 0 Å². The first kappa shape index (κ1) is 18.6. The molecule has 120 valence electrons. The largest absolute Gasteiger partial charge is 0.299 e. The number of rotatable bonds is 8. The van der Waals surface area contributed by atoms with E-state index >= 15 is 0 Å². The molecule has 0 aromatic rings. The zero-order valence-corrected chi connectivity index (χ0v) is 15.6. The van der Waals surface area contributed by atoms with Gasteiger partial charge in [-0.2, -0.15) is 0 Å². The number of alkyl halides is 1. The Labute approximate surface area is 141 Å². The number of amides is 2. The Morgan fingerprint density at radius 3 is 2.38 bits per heavy atom. The molecule has 1 fully saturated rings. The van der Waals surface area contributed by atoms with E-state index in [0.29, 0.717) is 19.4 Å². The van der Waals surface area contributed by atoms with Crippen LogP contribution < -0.4 is 0 Å². The van der Waals surface area contributed by atoms with Crippen LogP contribution in [0.3, 0.4) is 0 Å². The van der Waals surface area contributed by atoms with Gasteiger partial charge < -0.3 is 0 Å². The van der Waals surface area contributed by atoms with E-state index in [4.69, 9.17) is 0 Å². The second-order valence-corrected chi connectivity index (χ2v) is 9.42. The van der Waals surface area contributed by atoms with Crippen molar-refractivity contribution in [3.63, 3.8) is 0 Å². The standard InChI is InChI=1S/C16H26INO3/c1-11(2)13(19)8-6-5-7-9-18-14(20)10-12(15(18)21)16(3,4)17/h11-12H,5-10H2,1-4H3. The van der Waals surface area contributed by atoms with Crippen LogP contribution in [0.15, 0.2) is 0 Å². The van der Waals surface area contributed by atoms with E-state index < -0.39 is 0 Å². The fourth-order valence-corrected chi connectivity index (χ4v) is 2.98. The normalized spacial score (nSPS) is 19.7. The Bertz CT molecular complexity index is 412. The number of halogens is 1. The van der Waals surface area contributed by atoms with Gasteiger partial charge in [0.2, 0.25) is 11.8 Å². The molecule has 1 rings (SSSR count). The second kappa shape index (κ2) is 7.70. The Kier molecular flexibility index (Phi) is 6.81. The molecule has 0 aromatic carbocycles. The number of unbranched alkanes of at least 4 members (excludes halogenated alkanes) is 2. The van der Waals surface area contributed by atoms with Gasteiger partial charge in [-0.3, -0.25) is 19.3 Å². The van der Waals surface area contributed by atoms with Crippen molar-refractivity contribution in [1.82, 2.24) is 4.90 Å². The maximum Gasteiger partial charge on any atom is 0.234 e. The van der Waals surface area contributed by atoms with Gasteiger partial charge in [-0.1, -0.05) is 56.7 Å². The molecule has 1 aliphatic rings. The number of hydrogen-bond acceptors (Lipinski definition) is 3. The first-order valence-corrected chi connectivity index (χ1v) is 8.78. The molecule has 1 aliphatic heterocycles. The molecule has 1 saturated heterocycles. The van der Waals surface area contributed by atoms with Crippen LogP contribution in [-0.2, 0) is 14.4 Å². The van der Waals surface area contributed by atoms with Crippen molar-refractivity contribution < 1.29 is 14.4 Å². The molecule has 0 saturated carbocycles. The van der Waals surface area contributed by atoms with Crippen molar-refractivity contribution in [2.45, 2.75) is 63.2 Å². The summed E-state index contributed by atoms with van der Waals surface area (Å²) in [6.45, 7) is 8.30. The van der Waals surface area contributed by atoms with Gasteiger partial charge in [-0.15, -0.1) is 0 Å². The van der Waals surface area contributed by atoms with Crippen molar-refractivity contribution >= 4 is 40.2 Å². The monoisotopic (exact) mass is 407 g/mol. The summed E-state index contributed by atoms with van der Waals surface area (Å²) in [7, 11) is 0. The molecule has 21 heavy (non-hydrogen) atoms. The number of carbonyl (C=O) groups is 3. The van der Waals surface area contributed by atoms with E-state index in [-0.39, 0.29) is 32.9 Å². The summed E-state index contributed by atoms with van der Waals surface area (Å²) in [5.41, 5.74) is 0. The predicted octanol–water partition coefficient (Wildman–Crippen LogP) is 3.36. The van der Waals surface area contributed by atoms with Crippen LogP contribution in [0, 0.1) is 11.8 Å². The minimum Gasteiger partial charge on any atom is -0.299 e. The minimum absolute atomic E-state index is 0.0299. The third-order valence-corrected chi connectivity index (χ3v) is 4.77. The Balaban J connectivity index is 2.34. The molecule has 4 nitrogen and oxygen atoms in total. The molecular formula is C16H26INO3. The Morgan fingerprint density at radius 1 is 1.29 bits per heavy atom. The zero-order valence-electron chi connectivity index (χ0n) is 13.4. The minimum atomic E-state index is -0.201. The number of carbonyl (C=O) groups excluding carboxylic acids is 3. The van der Waals surface area contributed by atoms with Gasteiger partial charge in [0.1, 0.15) is 5.78 Å². The number of Topliss-reactive ketones (excluding diaryl/α,β-unsaturated/α-hetero) is 1. The van der Waals surface area contributed by atoms with Crippen LogP contribution in [0.4, 0.5) is 0 Å². The second-order valence-electron chi connectivity index (χ2n) is 6.64. The van der Waals surface area contributed by atoms with Crippen molar-refractivity contribution in [3.05, 3.63) is 0 Å². The summed E-state index contributed by atoms with van der Waals surface area (Å²) in [6, 6.07) is 0. The van der Waals surface area contributed by atoms with Crippen molar-refractivity contribution in [1.29, 1.82) is 0 Å². The van der Waals surface area contributed by atoms with Crippen LogP contribution in [-0.4, -0.2) is 32.5 Å². The van der Waals surface area contributed by atoms with Crippen molar-refractivity contribution in [2.24, 2.45) is 11.8 Å². The fourth-order valence-electron chi connectivity index (χ4n) is 2.49. The van der Waals surface area contributed by atoms with Gasteiger partial charge in [-0.25, -0.2) is 0 Å². The summed E-state index contributed by atoms with van der Waals surface area (Å²) in [5.74, 6) is 0.104. The number of hydrogen-bond donors (Lipinski definition) is 0. The molecule has 0 radical (unpaired) electrons. The van der Waals surface area contributed by atoms with Gasteiger partial charge in [0.05, 0.1) is 5.92 Å². The third-order valence-electron chi connectivity index (χ3n) is 4.02. The predicted molar refractivity (Wildman–Crippen MR) is 91.2 cm³/mol. The number of likely N-dealkylation sites (tertiary alicyclic amines) is 1. The molecule has 1 heterocycles. The van der Waals surface area contributed by atoms with Crippen molar-refractivity contribution in [2.75, 3.05) is 6.54 Å². The molecule has 5 heteroatoms. The van der Waals surface area contributed by atoms with Gasteiger partial charge in [0.25, 0.3) is 0 Å². The van der Waals surface area contributed by atoms with E-state index in [1.807, 2.05) is 27.7 Å². The SMILES string of the molecule is CC(C)C(=O)CCCCCN1C(=O)CC(C(C)(C)I)C1=O. The molecule has 0 bridgehead atoms. The fraction of sp³-hybridized carbons (Fsp3) is 0.812. The third kappa shape index (κ3) is 5.34. The summed E-state index contributed by atoms with van der Waals surface area (Å²) in [6.07, 6.45) is 3.45. The molecule has 1 unspecified atom stereocenters. The van der Waals surface area contributed by atoms with E-state index in [0.717, 1.165) is 19.3 Å². The summed E-state index contributed by atoms with van der Waals surface area (Å²) < 4.78 is -0.192. The summed E-state index contributed by atoms with van der Waals surface area (Å²) in [4.78, 5) is 37.1. The molecular weight excluding hydrogens is 381 g/mol. The summed E-state index contributed by atoms with van der Waals surface area (Å²) >= 11 is 2.24. The lowest BCUT2D eigenvalue weighted by molar-refractivity contribution is -0.139. The maximum absolute atomic E-state index is 12.3. The molecule has 0 spiro atoms. The van der Waals surface area contributed by atoms with Crippen LogP contribution in [0.25, 0.3) is 0 Å². The lowest BCUT2D eigenvalue weighted by Gasteiger charge is -2.23. The molecule has 0 N–H and O–H groups in total. The lowest BCUT2D eigenvalue weighted by Crippen LogP contribution is -2.35. The quantitative estimate of drug-likeness (QED) is 0.268. The first-order chi connectivity index (χ1) is 9.64. The van der Waals surface area contributed by atoms with E-state index in [2.05, 4.69) is 22.6 Å². The zero-order chi connectivity index (χ0) is 16.2. The van der Waals surface area contributed by atoms with Crippen molar-refractivity contribution in [3.8, 4) is 0 Å². The topological polar surface area (TPSA) is 54.5 Å². The van der Waals surface area contributed by atoms with Gasteiger partial charge in [-0.05, 0) is 12.8 Å². The molecule has 2 amide bonds. The lowest BCUT2D eigenvalue weighted by atomic mass is 9.94. The Hall–Kier alpha value is -0.460. The number of nitrogens with zero attached hydrogens (tertiary/aromatic N) is 1. The van der Waals surface area contributed by atoms with Crippen LogP contribution in [0.5, 0.6) is 0 Å². The van der Waals surface area contributed by atoms with E-state index in [1.54, 1.807) is 0 Å². The number of ketones is 1. The smallest absolute Gasteiger partial charge is 0.234 e. The highest BCUT2D eigenvalue weighted by molar-refractivity contribution is 14.1. The highest BCUT2D eigenvalue weighted by Crippen LogP contribution is 2.36. The average molecular weight is 407 g/mol. The highest BCUT2D eigenvalue weighted by atomic mass is 127. The summed E-state index contributed by atoms with van der Waals surface area (Å²) in [5, 5.41) is 0. The van der Waals surface area contributed by atoms with E-state index in [9.17, 15) is 14.4 Å². The van der Waals surface area contributed by atoms with Gasteiger partial charge >= 0.3 is 0 Å². The number of imide groups is 1. The van der Waals surface area contributed by atoms with Crippen LogP contribution in [0.1, 0.15) is 59.8 Å². The molecule has 1 atom stereocenters.